The number of likely N-dealkylation sites (N-methyl/N-ethyl adjacent to an activating group) is 1. The third kappa shape index (κ3) is 5.57. The summed E-state index contributed by atoms with van der Waals surface area (Å²) in [6.07, 6.45) is 2.14. The number of amides is 1. The van der Waals surface area contributed by atoms with Gasteiger partial charge >= 0.3 is 0 Å². The van der Waals surface area contributed by atoms with Crippen LogP contribution in [0.15, 0.2) is 24.3 Å². The van der Waals surface area contributed by atoms with Gasteiger partial charge in [-0.3, -0.25) is 4.79 Å². The molecular formula is C14H21NO3. The summed E-state index contributed by atoms with van der Waals surface area (Å²) in [6, 6.07) is 7.35. The van der Waals surface area contributed by atoms with E-state index in [2.05, 4.69) is 12.2 Å². The molecule has 0 saturated carbocycles. The van der Waals surface area contributed by atoms with E-state index in [1.807, 2.05) is 25.1 Å². The first-order valence-corrected chi connectivity index (χ1v) is 6.38. The smallest absolute Gasteiger partial charge is 0.257 e. The number of benzene rings is 1. The van der Waals surface area contributed by atoms with E-state index in [1.54, 1.807) is 6.07 Å². The second-order valence-electron chi connectivity index (χ2n) is 3.92. The lowest BCUT2D eigenvalue weighted by atomic mass is 10.3. The number of carbonyl (C=O) groups excluding carboxylic acids is 1. The highest BCUT2D eigenvalue weighted by Crippen LogP contribution is 2.19. The van der Waals surface area contributed by atoms with Crippen molar-refractivity contribution >= 4 is 5.91 Å². The normalized spacial score (nSPS) is 9.89. The zero-order valence-corrected chi connectivity index (χ0v) is 11.1. The zero-order chi connectivity index (χ0) is 13.2. The van der Waals surface area contributed by atoms with Crippen molar-refractivity contribution in [2.75, 3.05) is 19.8 Å². The van der Waals surface area contributed by atoms with E-state index < -0.39 is 0 Å². The highest BCUT2D eigenvalue weighted by atomic mass is 16.5. The minimum absolute atomic E-state index is 0.0340. The molecule has 1 N–H and O–H groups in total. The largest absolute Gasteiger partial charge is 0.493 e. The summed E-state index contributed by atoms with van der Waals surface area (Å²) in [7, 11) is 0. The molecule has 0 bridgehead atoms. The summed E-state index contributed by atoms with van der Waals surface area (Å²) in [6.45, 7) is 5.35. The fourth-order valence-electron chi connectivity index (χ4n) is 1.39. The van der Waals surface area contributed by atoms with Gasteiger partial charge in [-0.15, -0.1) is 0 Å². The monoisotopic (exact) mass is 251 g/mol. The predicted molar refractivity (Wildman–Crippen MR) is 71.0 cm³/mol. The molecule has 0 aliphatic heterocycles. The second-order valence-corrected chi connectivity index (χ2v) is 3.92. The first-order chi connectivity index (χ1) is 8.76. The summed E-state index contributed by atoms with van der Waals surface area (Å²) >= 11 is 0. The lowest BCUT2D eigenvalue weighted by molar-refractivity contribution is -0.122. The fourth-order valence-corrected chi connectivity index (χ4v) is 1.39. The van der Waals surface area contributed by atoms with Gasteiger partial charge in [-0.1, -0.05) is 19.4 Å². The summed E-state index contributed by atoms with van der Waals surface area (Å²) < 4.78 is 10.9. The van der Waals surface area contributed by atoms with E-state index in [1.165, 1.54) is 0 Å². The molecule has 0 aliphatic rings. The number of hydrogen-bond acceptors (Lipinski definition) is 3. The van der Waals surface area contributed by atoms with Gasteiger partial charge in [-0.05, 0) is 25.5 Å². The molecule has 1 aromatic rings. The molecule has 4 nitrogen and oxygen atoms in total. The van der Waals surface area contributed by atoms with Gasteiger partial charge in [-0.2, -0.15) is 0 Å². The molecule has 1 rings (SSSR count). The highest BCUT2D eigenvalue weighted by Gasteiger charge is 2.02. The minimum atomic E-state index is -0.116. The first kappa shape index (κ1) is 14.4. The van der Waals surface area contributed by atoms with Gasteiger partial charge in [-0.25, -0.2) is 0 Å². The maximum Gasteiger partial charge on any atom is 0.257 e. The van der Waals surface area contributed by atoms with Crippen LogP contribution in [-0.4, -0.2) is 25.7 Å². The summed E-state index contributed by atoms with van der Waals surface area (Å²) in [4.78, 5) is 11.2. The van der Waals surface area contributed by atoms with Gasteiger partial charge in [0, 0.05) is 12.6 Å². The molecule has 100 valence electrons. The third-order valence-corrected chi connectivity index (χ3v) is 2.32. The van der Waals surface area contributed by atoms with Crippen LogP contribution in [0.2, 0.25) is 0 Å². The molecule has 1 aromatic carbocycles. The number of carbonyl (C=O) groups is 1. The lowest BCUT2D eigenvalue weighted by Gasteiger charge is -2.09. The Kier molecular flexibility index (Phi) is 6.69. The fraction of sp³-hybridized carbons (Fsp3) is 0.500. The average Bonchev–Trinajstić information content (AvgIpc) is 2.38. The van der Waals surface area contributed by atoms with Crippen LogP contribution in [0.1, 0.15) is 26.7 Å². The summed E-state index contributed by atoms with van der Waals surface area (Å²) in [5.74, 6) is 1.31. The van der Waals surface area contributed by atoms with E-state index in [9.17, 15) is 4.79 Å². The van der Waals surface area contributed by atoms with Crippen LogP contribution in [0.4, 0.5) is 0 Å². The Hall–Kier alpha value is -1.71. The van der Waals surface area contributed by atoms with Crippen LogP contribution in [0, 0.1) is 0 Å². The van der Waals surface area contributed by atoms with Crippen molar-refractivity contribution in [3.63, 3.8) is 0 Å². The van der Waals surface area contributed by atoms with E-state index >= 15 is 0 Å². The van der Waals surface area contributed by atoms with Crippen LogP contribution >= 0.6 is 0 Å². The number of ether oxygens (including phenoxy) is 2. The van der Waals surface area contributed by atoms with E-state index in [0.717, 1.165) is 18.6 Å². The van der Waals surface area contributed by atoms with Crippen molar-refractivity contribution in [3.05, 3.63) is 24.3 Å². The molecule has 4 heteroatoms. The predicted octanol–water partition coefficient (Wildman–Crippen LogP) is 2.38. The van der Waals surface area contributed by atoms with Crippen molar-refractivity contribution in [3.8, 4) is 11.5 Å². The van der Waals surface area contributed by atoms with Gasteiger partial charge in [0.15, 0.2) is 6.61 Å². The maximum atomic E-state index is 11.2. The SMILES string of the molecule is CCCCOc1cccc(OCC(=O)NCC)c1. The molecule has 0 heterocycles. The molecule has 1 amide bonds. The van der Waals surface area contributed by atoms with E-state index in [4.69, 9.17) is 9.47 Å². The van der Waals surface area contributed by atoms with Crippen molar-refractivity contribution in [2.24, 2.45) is 0 Å². The van der Waals surface area contributed by atoms with E-state index in [0.29, 0.717) is 18.9 Å². The van der Waals surface area contributed by atoms with Gasteiger partial charge in [0.2, 0.25) is 0 Å². The number of hydrogen-bond donors (Lipinski definition) is 1. The number of nitrogens with one attached hydrogen (secondary N) is 1. The third-order valence-electron chi connectivity index (χ3n) is 2.32. The minimum Gasteiger partial charge on any atom is -0.493 e. The Morgan fingerprint density at radius 3 is 2.61 bits per heavy atom. The van der Waals surface area contributed by atoms with Crippen molar-refractivity contribution < 1.29 is 14.3 Å². The van der Waals surface area contributed by atoms with Gasteiger partial charge in [0.05, 0.1) is 6.61 Å². The molecule has 0 radical (unpaired) electrons. The van der Waals surface area contributed by atoms with Crippen LogP contribution < -0.4 is 14.8 Å². The van der Waals surface area contributed by atoms with Gasteiger partial charge in [0.25, 0.3) is 5.91 Å². The summed E-state index contributed by atoms with van der Waals surface area (Å²) in [5, 5.41) is 2.68. The zero-order valence-electron chi connectivity index (χ0n) is 11.1. The van der Waals surface area contributed by atoms with Gasteiger partial charge < -0.3 is 14.8 Å². The Morgan fingerprint density at radius 2 is 1.94 bits per heavy atom. The Balaban J connectivity index is 2.41. The quantitative estimate of drug-likeness (QED) is 0.722. The van der Waals surface area contributed by atoms with E-state index in [-0.39, 0.29) is 12.5 Å². The first-order valence-electron chi connectivity index (χ1n) is 6.38. The van der Waals surface area contributed by atoms with Gasteiger partial charge in [0.1, 0.15) is 11.5 Å². The van der Waals surface area contributed by atoms with Crippen LogP contribution in [0.5, 0.6) is 11.5 Å². The maximum absolute atomic E-state index is 11.2. The van der Waals surface area contributed by atoms with Crippen LogP contribution in [0.3, 0.4) is 0 Å². The van der Waals surface area contributed by atoms with Crippen molar-refractivity contribution in [1.82, 2.24) is 5.32 Å². The van der Waals surface area contributed by atoms with Crippen molar-refractivity contribution in [2.45, 2.75) is 26.7 Å². The lowest BCUT2D eigenvalue weighted by Crippen LogP contribution is -2.28. The van der Waals surface area contributed by atoms with Crippen LogP contribution in [-0.2, 0) is 4.79 Å². The second kappa shape index (κ2) is 8.39. The standard InChI is InChI=1S/C14H21NO3/c1-3-5-9-17-12-7-6-8-13(10-12)18-11-14(16)15-4-2/h6-8,10H,3-5,9,11H2,1-2H3,(H,15,16). The molecule has 0 atom stereocenters. The number of rotatable bonds is 8. The molecule has 0 unspecified atom stereocenters. The number of unbranched alkanes of at least 4 members (excludes halogenated alkanes) is 1. The molecule has 0 aromatic heterocycles. The highest BCUT2D eigenvalue weighted by molar-refractivity contribution is 5.77. The molecule has 18 heavy (non-hydrogen) atoms. The Bertz CT molecular complexity index is 366. The average molecular weight is 251 g/mol. The molecular weight excluding hydrogens is 230 g/mol. The molecule has 0 saturated heterocycles. The summed E-state index contributed by atoms with van der Waals surface area (Å²) in [5.41, 5.74) is 0. The molecule has 0 fully saturated rings. The molecule has 0 aliphatic carbocycles. The van der Waals surface area contributed by atoms with Crippen molar-refractivity contribution in [1.29, 1.82) is 0 Å². The Morgan fingerprint density at radius 1 is 1.22 bits per heavy atom. The topological polar surface area (TPSA) is 47.6 Å². The van der Waals surface area contributed by atoms with Crippen LogP contribution in [0.25, 0.3) is 0 Å². The Labute approximate surface area is 108 Å². The molecule has 0 spiro atoms.